The number of carbonyl (C=O) groups excluding carboxylic acids is 1. The third kappa shape index (κ3) is 2.14. The van der Waals surface area contributed by atoms with E-state index in [4.69, 9.17) is 17.3 Å². The Morgan fingerprint density at radius 1 is 1.25 bits per heavy atom. The van der Waals surface area contributed by atoms with Crippen LogP contribution in [0, 0.1) is 0 Å². The monoisotopic (exact) mass is 285 g/mol. The van der Waals surface area contributed by atoms with Crippen molar-refractivity contribution in [1.29, 1.82) is 0 Å². The van der Waals surface area contributed by atoms with Crippen molar-refractivity contribution in [3.05, 3.63) is 58.8 Å². The van der Waals surface area contributed by atoms with Gasteiger partial charge in [-0.2, -0.15) is 0 Å². The van der Waals surface area contributed by atoms with Crippen molar-refractivity contribution < 1.29 is 4.79 Å². The number of rotatable bonds is 2. The van der Waals surface area contributed by atoms with Gasteiger partial charge < -0.3 is 10.6 Å². The smallest absolute Gasteiger partial charge is 0.252 e. The number of amides is 1. The molecule has 0 fully saturated rings. The van der Waals surface area contributed by atoms with Crippen LogP contribution < -0.4 is 10.6 Å². The van der Waals surface area contributed by atoms with Crippen LogP contribution in [0.15, 0.2) is 42.5 Å². The number of para-hydroxylation sites is 1. The van der Waals surface area contributed by atoms with E-state index in [1.807, 2.05) is 41.3 Å². The lowest BCUT2D eigenvalue weighted by atomic mass is 10.1. The maximum Gasteiger partial charge on any atom is 0.252 e. The summed E-state index contributed by atoms with van der Waals surface area (Å²) < 4.78 is 0. The lowest BCUT2D eigenvalue weighted by Crippen LogP contribution is -2.25. The highest BCUT2D eigenvalue weighted by molar-refractivity contribution is 6.29. The highest BCUT2D eigenvalue weighted by Crippen LogP contribution is 2.33. The molecule has 0 unspecified atom stereocenters. The zero-order valence-corrected chi connectivity index (χ0v) is 11.3. The van der Waals surface area contributed by atoms with E-state index in [-0.39, 0.29) is 0 Å². The van der Waals surface area contributed by atoms with Crippen molar-refractivity contribution in [1.82, 2.24) is 4.98 Å². The summed E-state index contributed by atoms with van der Waals surface area (Å²) in [5.41, 5.74) is 7.83. The molecule has 0 spiro atoms. The second kappa shape index (κ2) is 4.98. The Bertz CT molecular complexity index is 712. The number of aromatic nitrogens is 1. The van der Waals surface area contributed by atoms with Crippen LogP contribution in [-0.2, 0) is 0 Å². The first-order chi connectivity index (χ1) is 9.66. The Balaban J connectivity index is 2.17. The summed E-state index contributed by atoms with van der Waals surface area (Å²) in [5, 5.41) is 0.331. The van der Waals surface area contributed by atoms with Crippen LogP contribution in [-0.4, -0.2) is 17.4 Å². The maximum atomic E-state index is 11.6. The Labute approximate surface area is 121 Å². The van der Waals surface area contributed by atoms with Crippen LogP contribution in [0.3, 0.4) is 0 Å². The summed E-state index contributed by atoms with van der Waals surface area (Å²) in [5.74, 6) is -0.0296. The van der Waals surface area contributed by atoms with Gasteiger partial charge in [-0.15, -0.1) is 0 Å². The Morgan fingerprint density at radius 3 is 2.85 bits per heavy atom. The zero-order chi connectivity index (χ0) is 14.1. The van der Waals surface area contributed by atoms with Crippen LogP contribution in [0.2, 0.25) is 5.15 Å². The molecule has 100 valence electrons. The molecule has 2 N–H and O–H groups in total. The van der Waals surface area contributed by atoms with E-state index in [0.29, 0.717) is 23.1 Å². The Kier molecular flexibility index (Phi) is 3.16. The van der Waals surface area contributed by atoms with Crippen molar-refractivity contribution in [2.75, 3.05) is 11.4 Å². The molecule has 5 heteroatoms. The topological polar surface area (TPSA) is 59.2 Å². The molecule has 2 heterocycles. The molecule has 20 heavy (non-hydrogen) atoms. The molecule has 1 aromatic carbocycles. The molecule has 0 bridgehead atoms. The van der Waals surface area contributed by atoms with Gasteiger partial charge >= 0.3 is 0 Å². The largest absolute Gasteiger partial charge is 0.365 e. The molecule has 0 aliphatic carbocycles. The molecule has 1 aromatic heterocycles. The van der Waals surface area contributed by atoms with E-state index in [0.717, 1.165) is 11.3 Å². The van der Waals surface area contributed by atoms with Gasteiger partial charge in [0.15, 0.2) is 0 Å². The molecule has 0 radical (unpaired) electrons. The standard InChI is InChI=1S/C15H12ClN3O/c16-13-8-7-11(14(17)20)15(18-13)19-9-3-5-10-4-1-2-6-12(10)19/h1-8H,9H2,(H2,17,20). The number of pyridine rings is 1. The average Bonchev–Trinajstić information content (AvgIpc) is 2.46. The van der Waals surface area contributed by atoms with Gasteiger partial charge in [0, 0.05) is 12.2 Å². The molecular weight excluding hydrogens is 274 g/mol. The number of primary amides is 1. The van der Waals surface area contributed by atoms with Gasteiger partial charge in [0.05, 0.1) is 5.56 Å². The Morgan fingerprint density at radius 2 is 2.05 bits per heavy atom. The van der Waals surface area contributed by atoms with Crippen molar-refractivity contribution in [2.45, 2.75) is 0 Å². The lowest BCUT2D eigenvalue weighted by molar-refractivity contribution is 0.100. The molecule has 1 aliphatic heterocycles. The second-order valence-electron chi connectivity index (χ2n) is 4.44. The second-order valence-corrected chi connectivity index (χ2v) is 4.83. The number of halogens is 1. The highest BCUT2D eigenvalue weighted by Gasteiger charge is 2.21. The first-order valence-corrected chi connectivity index (χ1v) is 6.54. The minimum absolute atomic E-state index is 0.331. The molecule has 4 nitrogen and oxygen atoms in total. The van der Waals surface area contributed by atoms with Crippen LogP contribution >= 0.6 is 11.6 Å². The van der Waals surface area contributed by atoms with Gasteiger partial charge in [-0.25, -0.2) is 4.98 Å². The van der Waals surface area contributed by atoms with E-state index in [1.54, 1.807) is 12.1 Å². The lowest BCUT2D eigenvalue weighted by Gasteiger charge is -2.28. The van der Waals surface area contributed by atoms with Crippen molar-refractivity contribution in [3.63, 3.8) is 0 Å². The number of fused-ring (bicyclic) bond motifs is 1. The minimum atomic E-state index is -0.517. The fraction of sp³-hybridized carbons (Fsp3) is 0.0667. The van der Waals surface area contributed by atoms with E-state index in [2.05, 4.69) is 4.98 Å². The Hall–Kier alpha value is -2.33. The minimum Gasteiger partial charge on any atom is -0.365 e. The molecule has 3 rings (SSSR count). The van der Waals surface area contributed by atoms with Crippen molar-refractivity contribution in [2.24, 2.45) is 5.73 Å². The fourth-order valence-electron chi connectivity index (χ4n) is 2.28. The van der Waals surface area contributed by atoms with Gasteiger partial charge in [0.2, 0.25) is 0 Å². The summed E-state index contributed by atoms with van der Waals surface area (Å²) in [4.78, 5) is 17.8. The summed E-state index contributed by atoms with van der Waals surface area (Å²) in [6.45, 7) is 0.616. The van der Waals surface area contributed by atoms with Gasteiger partial charge in [0.1, 0.15) is 11.0 Å². The van der Waals surface area contributed by atoms with Gasteiger partial charge in [-0.3, -0.25) is 4.79 Å². The fourth-order valence-corrected chi connectivity index (χ4v) is 2.42. The SMILES string of the molecule is NC(=O)c1ccc(Cl)nc1N1CC=Cc2ccccc21. The summed E-state index contributed by atoms with van der Waals surface area (Å²) in [6, 6.07) is 11.1. The van der Waals surface area contributed by atoms with Crippen LogP contribution in [0.5, 0.6) is 0 Å². The molecular formula is C15H12ClN3O. The normalized spacial score (nSPS) is 13.2. The van der Waals surface area contributed by atoms with E-state index in [1.165, 1.54) is 0 Å². The molecule has 1 amide bonds. The number of hydrogen-bond acceptors (Lipinski definition) is 3. The number of hydrogen-bond donors (Lipinski definition) is 1. The summed E-state index contributed by atoms with van der Waals surface area (Å²) >= 11 is 5.96. The van der Waals surface area contributed by atoms with Gasteiger partial charge in [-0.1, -0.05) is 42.0 Å². The quantitative estimate of drug-likeness (QED) is 0.863. The maximum absolute atomic E-state index is 11.6. The third-order valence-corrected chi connectivity index (χ3v) is 3.39. The predicted molar refractivity (Wildman–Crippen MR) is 80.2 cm³/mol. The zero-order valence-electron chi connectivity index (χ0n) is 10.6. The molecule has 2 aromatic rings. The predicted octanol–water partition coefficient (Wildman–Crippen LogP) is 3.00. The summed E-state index contributed by atoms with van der Waals surface area (Å²) in [6.07, 6.45) is 4.05. The average molecular weight is 286 g/mol. The first kappa shape index (κ1) is 12.7. The highest BCUT2D eigenvalue weighted by atomic mass is 35.5. The van der Waals surface area contributed by atoms with Crippen molar-refractivity contribution >= 4 is 35.1 Å². The van der Waals surface area contributed by atoms with Crippen LogP contribution in [0.4, 0.5) is 11.5 Å². The number of carbonyl (C=O) groups is 1. The molecule has 0 atom stereocenters. The van der Waals surface area contributed by atoms with Gasteiger partial charge in [0.25, 0.3) is 5.91 Å². The molecule has 1 aliphatic rings. The number of benzene rings is 1. The van der Waals surface area contributed by atoms with E-state index < -0.39 is 5.91 Å². The number of nitrogens with zero attached hydrogens (tertiary/aromatic N) is 2. The molecule has 0 saturated carbocycles. The first-order valence-electron chi connectivity index (χ1n) is 6.16. The van der Waals surface area contributed by atoms with Gasteiger partial charge in [-0.05, 0) is 23.8 Å². The summed E-state index contributed by atoms with van der Waals surface area (Å²) in [7, 11) is 0. The molecule has 0 saturated heterocycles. The van der Waals surface area contributed by atoms with Crippen molar-refractivity contribution in [3.8, 4) is 0 Å². The number of anilines is 2. The van der Waals surface area contributed by atoms with E-state index in [9.17, 15) is 4.79 Å². The number of nitrogens with two attached hydrogens (primary N) is 1. The third-order valence-electron chi connectivity index (χ3n) is 3.18. The van der Waals surface area contributed by atoms with Crippen LogP contribution in [0.1, 0.15) is 15.9 Å². The van der Waals surface area contributed by atoms with Crippen LogP contribution in [0.25, 0.3) is 6.08 Å². The van der Waals surface area contributed by atoms with E-state index >= 15 is 0 Å².